The topological polar surface area (TPSA) is 101 Å². The molecule has 1 saturated heterocycles. The predicted molar refractivity (Wildman–Crippen MR) is 118 cm³/mol. The van der Waals surface area contributed by atoms with Crippen molar-refractivity contribution >= 4 is 16.0 Å². The number of nitrogens with two attached hydrogens (primary N) is 1. The Morgan fingerprint density at radius 2 is 1.84 bits per heavy atom. The van der Waals surface area contributed by atoms with E-state index < -0.39 is 15.8 Å². The molecule has 31 heavy (non-hydrogen) atoms. The van der Waals surface area contributed by atoms with Gasteiger partial charge in [0, 0.05) is 48.7 Å². The normalized spacial score (nSPS) is 17.1. The molecule has 3 aromatic rings. The van der Waals surface area contributed by atoms with Gasteiger partial charge in [-0.1, -0.05) is 30.3 Å². The molecule has 4 rings (SSSR count). The Hall–Kier alpha value is -2.88. The van der Waals surface area contributed by atoms with Crippen molar-refractivity contribution in [2.45, 2.75) is 23.8 Å². The molecular weight excluding hydrogens is 417 g/mol. The summed E-state index contributed by atoms with van der Waals surface area (Å²) in [6, 6.07) is 11.2. The molecule has 0 saturated carbocycles. The molecule has 0 spiro atoms. The van der Waals surface area contributed by atoms with E-state index in [2.05, 4.69) is 15.3 Å². The summed E-state index contributed by atoms with van der Waals surface area (Å²) in [4.78, 5) is 7.95. The first kappa shape index (κ1) is 21.4. The van der Waals surface area contributed by atoms with Crippen molar-refractivity contribution < 1.29 is 12.8 Å². The van der Waals surface area contributed by atoms with Gasteiger partial charge < -0.3 is 11.1 Å². The van der Waals surface area contributed by atoms with Crippen molar-refractivity contribution in [2.75, 3.05) is 25.9 Å². The fourth-order valence-corrected chi connectivity index (χ4v) is 5.42. The van der Waals surface area contributed by atoms with Gasteiger partial charge in [0.25, 0.3) is 0 Å². The number of rotatable bonds is 5. The zero-order valence-corrected chi connectivity index (χ0v) is 17.9. The molecule has 2 heterocycles. The number of piperidine rings is 1. The third kappa shape index (κ3) is 4.30. The Bertz CT molecular complexity index is 1180. The van der Waals surface area contributed by atoms with E-state index in [1.54, 1.807) is 43.4 Å². The van der Waals surface area contributed by atoms with E-state index in [0.717, 1.165) is 19.4 Å². The van der Waals surface area contributed by atoms with Crippen molar-refractivity contribution in [1.29, 1.82) is 0 Å². The minimum Gasteiger partial charge on any atom is -0.368 e. The summed E-state index contributed by atoms with van der Waals surface area (Å²) in [7, 11) is -2.15. The van der Waals surface area contributed by atoms with Crippen molar-refractivity contribution in [3.8, 4) is 22.3 Å². The van der Waals surface area contributed by atoms with Gasteiger partial charge in [0.15, 0.2) is 0 Å². The molecule has 0 radical (unpaired) electrons. The van der Waals surface area contributed by atoms with Crippen LogP contribution in [-0.4, -0.2) is 48.9 Å². The van der Waals surface area contributed by atoms with Crippen LogP contribution < -0.4 is 11.1 Å². The number of benzene rings is 2. The van der Waals surface area contributed by atoms with Crippen LogP contribution >= 0.6 is 0 Å². The van der Waals surface area contributed by atoms with E-state index in [1.807, 2.05) is 0 Å². The third-order valence-electron chi connectivity index (χ3n) is 5.59. The van der Waals surface area contributed by atoms with Gasteiger partial charge >= 0.3 is 0 Å². The fourth-order valence-electron chi connectivity index (χ4n) is 3.82. The van der Waals surface area contributed by atoms with Crippen LogP contribution in [0.25, 0.3) is 22.3 Å². The molecule has 0 aliphatic carbocycles. The number of hydrogen-bond acceptors (Lipinski definition) is 6. The first-order chi connectivity index (χ1) is 14.9. The number of likely N-dealkylation sites (N-methyl/N-ethyl adjacent to an activating group) is 1. The van der Waals surface area contributed by atoms with E-state index in [0.29, 0.717) is 28.8 Å². The summed E-state index contributed by atoms with van der Waals surface area (Å²) in [5.74, 6) is -0.389. The highest BCUT2D eigenvalue weighted by Gasteiger charge is 2.31. The molecule has 0 bridgehead atoms. The van der Waals surface area contributed by atoms with Crippen LogP contribution in [0.15, 0.2) is 59.8 Å². The highest BCUT2D eigenvalue weighted by atomic mass is 32.2. The molecule has 7 nitrogen and oxygen atoms in total. The molecule has 3 N–H and O–H groups in total. The van der Waals surface area contributed by atoms with Crippen LogP contribution in [0.1, 0.15) is 12.8 Å². The first-order valence-corrected chi connectivity index (χ1v) is 11.5. The summed E-state index contributed by atoms with van der Waals surface area (Å²) in [6.45, 7) is 1.51. The maximum atomic E-state index is 14.9. The van der Waals surface area contributed by atoms with Gasteiger partial charge in [-0.05, 0) is 37.1 Å². The van der Waals surface area contributed by atoms with E-state index in [9.17, 15) is 12.8 Å². The van der Waals surface area contributed by atoms with Gasteiger partial charge in [0.05, 0.1) is 4.90 Å². The Morgan fingerprint density at radius 1 is 1.10 bits per heavy atom. The molecular formula is C22H24FN5O2S. The zero-order chi connectivity index (χ0) is 22.0. The van der Waals surface area contributed by atoms with Crippen LogP contribution in [0, 0.1) is 5.82 Å². The van der Waals surface area contributed by atoms with Crippen LogP contribution in [0.5, 0.6) is 0 Å². The van der Waals surface area contributed by atoms with Crippen LogP contribution in [0.4, 0.5) is 10.3 Å². The predicted octanol–water partition coefficient (Wildman–Crippen LogP) is 2.90. The average Bonchev–Trinajstić information content (AvgIpc) is 2.80. The van der Waals surface area contributed by atoms with E-state index in [-0.39, 0.29) is 16.9 Å². The number of halogens is 1. The first-order valence-electron chi connectivity index (χ1n) is 10.0. The molecule has 1 fully saturated rings. The summed E-state index contributed by atoms with van der Waals surface area (Å²) in [6.07, 6.45) is 4.63. The number of anilines is 1. The largest absolute Gasteiger partial charge is 0.368 e. The number of nitrogens with zero attached hydrogens (tertiary/aromatic N) is 3. The molecule has 9 heteroatoms. The van der Waals surface area contributed by atoms with E-state index in [4.69, 9.17) is 5.73 Å². The highest BCUT2D eigenvalue weighted by Crippen LogP contribution is 2.33. The second kappa shape index (κ2) is 8.70. The maximum Gasteiger partial charge on any atom is 0.243 e. The summed E-state index contributed by atoms with van der Waals surface area (Å²) >= 11 is 0. The highest BCUT2D eigenvalue weighted by molar-refractivity contribution is 7.89. The quantitative estimate of drug-likeness (QED) is 0.631. The number of sulfonamides is 1. The summed E-state index contributed by atoms with van der Waals surface area (Å²) in [5.41, 5.74) is 7.24. The Balaban J connectivity index is 1.71. The lowest BCUT2D eigenvalue weighted by atomic mass is 10.0. The lowest BCUT2D eigenvalue weighted by Crippen LogP contribution is -2.46. The molecule has 1 aliphatic rings. The van der Waals surface area contributed by atoms with Crippen LogP contribution in [0.2, 0.25) is 0 Å². The standard InChI is InChI=1S/C22H24FN5O2S/c1-28(17-5-4-10-25-14-17)31(29,30)21-7-3-2-6-19(21)15-8-9-18(20(23)11-15)16-12-26-22(24)27-13-16/h2-3,6-9,11-13,17,25H,4-5,10,14H2,1H3,(H2,24,26,27)/t17-/m0/s1. The molecule has 0 unspecified atom stereocenters. The molecule has 1 atom stereocenters. The summed E-state index contributed by atoms with van der Waals surface area (Å²) in [5, 5.41) is 3.24. The van der Waals surface area contributed by atoms with Gasteiger partial charge in [-0.3, -0.25) is 0 Å². The minimum atomic E-state index is -3.76. The molecule has 162 valence electrons. The van der Waals surface area contributed by atoms with Gasteiger partial charge in [0.2, 0.25) is 16.0 Å². The van der Waals surface area contributed by atoms with Crippen LogP contribution in [-0.2, 0) is 10.0 Å². The van der Waals surface area contributed by atoms with Crippen molar-refractivity contribution in [3.63, 3.8) is 0 Å². The van der Waals surface area contributed by atoms with Gasteiger partial charge in [-0.15, -0.1) is 0 Å². The lowest BCUT2D eigenvalue weighted by molar-refractivity contribution is 0.300. The molecule has 1 aliphatic heterocycles. The monoisotopic (exact) mass is 441 g/mol. The average molecular weight is 442 g/mol. The smallest absolute Gasteiger partial charge is 0.243 e. The van der Waals surface area contributed by atoms with Crippen molar-refractivity contribution in [3.05, 3.63) is 60.7 Å². The van der Waals surface area contributed by atoms with Crippen molar-refractivity contribution in [2.24, 2.45) is 0 Å². The Morgan fingerprint density at radius 3 is 2.52 bits per heavy atom. The van der Waals surface area contributed by atoms with Crippen LogP contribution in [0.3, 0.4) is 0 Å². The SMILES string of the molecule is CN([C@H]1CCCNC1)S(=O)(=O)c1ccccc1-c1ccc(-c2cnc(N)nc2)c(F)c1. The summed E-state index contributed by atoms with van der Waals surface area (Å²) < 4.78 is 43.2. The number of nitrogens with one attached hydrogen (secondary N) is 1. The molecule has 2 aromatic carbocycles. The lowest BCUT2D eigenvalue weighted by Gasteiger charge is -2.31. The number of hydrogen-bond donors (Lipinski definition) is 2. The van der Waals surface area contributed by atoms with Crippen molar-refractivity contribution in [1.82, 2.24) is 19.6 Å². The minimum absolute atomic E-state index is 0.109. The molecule has 1 aromatic heterocycles. The van der Waals surface area contributed by atoms with Gasteiger partial charge in [-0.25, -0.2) is 22.8 Å². The molecule has 0 amide bonds. The number of nitrogen functional groups attached to an aromatic ring is 1. The van der Waals surface area contributed by atoms with Gasteiger partial charge in [0.1, 0.15) is 5.82 Å². The van der Waals surface area contributed by atoms with Gasteiger partial charge in [-0.2, -0.15) is 4.31 Å². The van der Waals surface area contributed by atoms with E-state index in [1.165, 1.54) is 22.8 Å². The Kier molecular flexibility index (Phi) is 5.99. The Labute approximate surface area is 181 Å². The third-order valence-corrected chi connectivity index (χ3v) is 7.56. The second-order valence-corrected chi connectivity index (χ2v) is 9.51. The zero-order valence-electron chi connectivity index (χ0n) is 17.1. The van der Waals surface area contributed by atoms with E-state index >= 15 is 0 Å². The second-order valence-electron chi connectivity index (χ2n) is 7.54. The fraction of sp³-hybridized carbons (Fsp3) is 0.273. The number of aromatic nitrogens is 2. The maximum absolute atomic E-state index is 14.9.